The van der Waals surface area contributed by atoms with E-state index in [4.69, 9.17) is 10.5 Å². The van der Waals surface area contributed by atoms with Crippen molar-refractivity contribution in [1.29, 1.82) is 0 Å². The Morgan fingerprint density at radius 3 is 2.72 bits per heavy atom. The first-order chi connectivity index (χ1) is 8.85. The van der Waals surface area contributed by atoms with E-state index in [9.17, 15) is 0 Å². The van der Waals surface area contributed by atoms with Crippen LogP contribution in [0.3, 0.4) is 0 Å². The Morgan fingerprint density at radius 1 is 1.28 bits per heavy atom. The van der Waals surface area contributed by atoms with Gasteiger partial charge in [-0.3, -0.25) is 0 Å². The Morgan fingerprint density at radius 2 is 2.06 bits per heavy atom. The van der Waals surface area contributed by atoms with E-state index in [-0.39, 0.29) is 0 Å². The molecule has 0 bridgehead atoms. The first-order valence-electron chi connectivity index (χ1n) is 6.08. The predicted octanol–water partition coefficient (Wildman–Crippen LogP) is 2.85. The van der Waals surface area contributed by atoms with E-state index < -0.39 is 0 Å². The van der Waals surface area contributed by atoms with Crippen LogP contribution in [0.15, 0.2) is 30.3 Å². The van der Waals surface area contributed by atoms with E-state index in [0.717, 1.165) is 30.2 Å². The summed E-state index contributed by atoms with van der Waals surface area (Å²) in [5, 5.41) is 1.14. The number of benzene rings is 1. The van der Waals surface area contributed by atoms with Crippen LogP contribution in [0.2, 0.25) is 0 Å². The lowest BCUT2D eigenvalue weighted by atomic mass is 10.1. The topological polar surface area (TPSA) is 48.1 Å². The molecule has 1 aromatic heterocycles. The van der Waals surface area contributed by atoms with Gasteiger partial charge in [0.2, 0.25) is 0 Å². The molecule has 0 saturated heterocycles. The van der Waals surface area contributed by atoms with Gasteiger partial charge in [-0.15, -0.1) is 11.3 Å². The monoisotopic (exact) mass is 262 g/mol. The number of hydrogen-bond donors (Lipinski definition) is 1. The summed E-state index contributed by atoms with van der Waals surface area (Å²) in [6.45, 7) is 1.27. The van der Waals surface area contributed by atoms with Crippen LogP contribution < -0.4 is 5.73 Å². The predicted molar refractivity (Wildman–Crippen MR) is 75.6 cm³/mol. The van der Waals surface area contributed by atoms with Crippen LogP contribution in [0.1, 0.15) is 17.1 Å². The smallest absolute Gasteiger partial charge is 0.0936 e. The minimum atomic E-state index is 0.491. The van der Waals surface area contributed by atoms with Crippen LogP contribution in [-0.2, 0) is 17.7 Å². The van der Waals surface area contributed by atoms with Crippen molar-refractivity contribution in [1.82, 2.24) is 4.98 Å². The van der Waals surface area contributed by atoms with Crippen molar-refractivity contribution in [3.8, 4) is 10.4 Å². The third-order valence-corrected chi connectivity index (χ3v) is 3.92. The Kier molecular flexibility index (Phi) is 4.87. The highest BCUT2D eigenvalue weighted by atomic mass is 32.1. The van der Waals surface area contributed by atoms with Crippen molar-refractivity contribution >= 4 is 11.3 Å². The standard InChI is InChI=1S/C14H18N2OS/c1-17-9-5-8-13-16-12(10-15)14(18-13)11-6-3-2-4-7-11/h2-4,6-7H,5,8-10,15H2,1H3. The summed E-state index contributed by atoms with van der Waals surface area (Å²) in [4.78, 5) is 5.81. The van der Waals surface area contributed by atoms with Gasteiger partial charge in [-0.25, -0.2) is 4.98 Å². The molecule has 2 aromatic rings. The van der Waals surface area contributed by atoms with E-state index in [2.05, 4.69) is 17.1 Å². The molecule has 0 aliphatic heterocycles. The molecule has 2 rings (SSSR count). The van der Waals surface area contributed by atoms with Crippen molar-refractivity contribution in [2.75, 3.05) is 13.7 Å². The summed E-state index contributed by atoms with van der Waals surface area (Å²) in [5.74, 6) is 0. The third-order valence-electron chi connectivity index (χ3n) is 2.71. The van der Waals surface area contributed by atoms with E-state index in [1.165, 1.54) is 10.4 Å². The maximum absolute atomic E-state index is 5.78. The number of rotatable bonds is 6. The first kappa shape index (κ1) is 13.2. The molecule has 0 aliphatic carbocycles. The maximum Gasteiger partial charge on any atom is 0.0936 e. The maximum atomic E-state index is 5.78. The molecular weight excluding hydrogens is 244 g/mol. The molecule has 0 atom stereocenters. The molecule has 0 aliphatic rings. The second kappa shape index (κ2) is 6.64. The largest absolute Gasteiger partial charge is 0.385 e. The normalized spacial score (nSPS) is 10.8. The molecule has 3 nitrogen and oxygen atoms in total. The van der Waals surface area contributed by atoms with Gasteiger partial charge in [0.05, 0.1) is 15.6 Å². The van der Waals surface area contributed by atoms with Crippen LogP contribution >= 0.6 is 11.3 Å². The van der Waals surface area contributed by atoms with Crippen LogP contribution in [-0.4, -0.2) is 18.7 Å². The Hall–Kier alpha value is -1.23. The first-order valence-corrected chi connectivity index (χ1v) is 6.89. The quantitative estimate of drug-likeness (QED) is 0.814. The molecule has 0 spiro atoms. The van der Waals surface area contributed by atoms with Crippen LogP contribution in [0, 0.1) is 0 Å². The van der Waals surface area contributed by atoms with E-state index in [0.29, 0.717) is 6.54 Å². The zero-order valence-electron chi connectivity index (χ0n) is 10.6. The summed E-state index contributed by atoms with van der Waals surface area (Å²) < 4.78 is 5.06. The Balaban J connectivity index is 2.19. The van der Waals surface area contributed by atoms with Crippen molar-refractivity contribution < 1.29 is 4.74 Å². The lowest BCUT2D eigenvalue weighted by molar-refractivity contribution is 0.195. The average molecular weight is 262 g/mol. The highest BCUT2D eigenvalue weighted by Gasteiger charge is 2.11. The molecule has 0 saturated carbocycles. The molecule has 0 radical (unpaired) electrons. The number of ether oxygens (including phenoxy) is 1. The van der Waals surface area contributed by atoms with Crippen LogP contribution in [0.5, 0.6) is 0 Å². The number of nitrogens with two attached hydrogens (primary N) is 1. The molecular formula is C14H18N2OS. The molecule has 1 aromatic carbocycles. The van der Waals surface area contributed by atoms with Crippen molar-refractivity contribution in [2.24, 2.45) is 5.73 Å². The highest BCUT2D eigenvalue weighted by Crippen LogP contribution is 2.30. The fourth-order valence-electron chi connectivity index (χ4n) is 1.83. The Bertz CT molecular complexity index is 482. The molecule has 4 heteroatoms. The minimum absolute atomic E-state index is 0.491. The number of nitrogens with zero attached hydrogens (tertiary/aromatic N) is 1. The fourth-order valence-corrected chi connectivity index (χ4v) is 2.97. The third kappa shape index (κ3) is 3.16. The molecule has 2 N–H and O–H groups in total. The SMILES string of the molecule is COCCCc1nc(CN)c(-c2ccccc2)s1. The summed E-state index contributed by atoms with van der Waals surface area (Å²) in [5.41, 5.74) is 7.98. The van der Waals surface area contributed by atoms with Gasteiger partial charge >= 0.3 is 0 Å². The van der Waals surface area contributed by atoms with E-state index in [1.807, 2.05) is 18.2 Å². The Labute approximate surface area is 112 Å². The number of hydrogen-bond acceptors (Lipinski definition) is 4. The van der Waals surface area contributed by atoms with Gasteiger partial charge in [-0.1, -0.05) is 30.3 Å². The van der Waals surface area contributed by atoms with Gasteiger partial charge in [-0.2, -0.15) is 0 Å². The summed E-state index contributed by atoms with van der Waals surface area (Å²) in [7, 11) is 1.72. The molecule has 96 valence electrons. The van der Waals surface area contributed by atoms with Crippen molar-refractivity contribution in [3.63, 3.8) is 0 Å². The number of aromatic nitrogens is 1. The average Bonchev–Trinajstić information content (AvgIpc) is 2.83. The van der Waals surface area contributed by atoms with Crippen molar-refractivity contribution in [2.45, 2.75) is 19.4 Å². The minimum Gasteiger partial charge on any atom is -0.385 e. The second-order valence-electron chi connectivity index (χ2n) is 4.05. The zero-order valence-corrected chi connectivity index (χ0v) is 11.4. The summed E-state index contributed by atoms with van der Waals surface area (Å²) in [6, 6.07) is 10.3. The number of aryl methyl sites for hydroxylation is 1. The highest BCUT2D eigenvalue weighted by molar-refractivity contribution is 7.15. The summed E-state index contributed by atoms with van der Waals surface area (Å²) >= 11 is 1.74. The molecule has 18 heavy (non-hydrogen) atoms. The molecule has 0 amide bonds. The lowest BCUT2D eigenvalue weighted by Crippen LogP contribution is -1.99. The van der Waals surface area contributed by atoms with E-state index in [1.54, 1.807) is 18.4 Å². The molecule has 0 unspecified atom stereocenters. The van der Waals surface area contributed by atoms with Gasteiger partial charge in [0.15, 0.2) is 0 Å². The fraction of sp³-hybridized carbons (Fsp3) is 0.357. The van der Waals surface area contributed by atoms with Crippen LogP contribution in [0.4, 0.5) is 0 Å². The lowest BCUT2D eigenvalue weighted by Gasteiger charge is -1.98. The second-order valence-corrected chi connectivity index (χ2v) is 5.13. The summed E-state index contributed by atoms with van der Waals surface area (Å²) in [6.07, 6.45) is 1.96. The molecule has 0 fully saturated rings. The van der Waals surface area contributed by atoms with Gasteiger partial charge < -0.3 is 10.5 Å². The van der Waals surface area contributed by atoms with E-state index >= 15 is 0 Å². The van der Waals surface area contributed by atoms with Crippen molar-refractivity contribution in [3.05, 3.63) is 41.0 Å². The number of methoxy groups -OCH3 is 1. The zero-order chi connectivity index (χ0) is 12.8. The van der Waals surface area contributed by atoms with Gasteiger partial charge in [0.1, 0.15) is 0 Å². The number of thiazole rings is 1. The molecule has 1 heterocycles. The van der Waals surface area contributed by atoms with Gasteiger partial charge in [0, 0.05) is 26.7 Å². The van der Waals surface area contributed by atoms with Crippen LogP contribution in [0.25, 0.3) is 10.4 Å². The van der Waals surface area contributed by atoms with Gasteiger partial charge in [-0.05, 0) is 12.0 Å². The van der Waals surface area contributed by atoms with Gasteiger partial charge in [0.25, 0.3) is 0 Å².